The summed E-state index contributed by atoms with van der Waals surface area (Å²) in [5, 5.41) is 18.9. The van der Waals surface area contributed by atoms with Gasteiger partial charge in [-0.1, -0.05) is 0 Å². The summed E-state index contributed by atoms with van der Waals surface area (Å²) >= 11 is 0. The Kier molecular flexibility index (Phi) is 9.31. The quantitative estimate of drug-likeness (QED) is 0.242. The van der Waals surface area contributed by atoms with Gasteiger partial charge in [0.1, 0.15) is 46.3 Å². The van der Waals surface area contributed by atoms with Crippen molar-refractivity contribution in [3.8, 4) is 57.7 Å². The van der Waals surface area contributed by atoms with E-state index in [0.29, 0.717) is 34.1 Å². The van der Waals surface area contributed by atoms with Gasteiger partial charge in [0.05, 0.1) is 63.6 Å². The van der Waals surface area contributed by atoms with E-state index in [1.165, 1.54) is 28.4 Å². The molecule has 2 aromatic carbocycles. The van der Waals surface area contributed by atoms with E-state index in [1.807, 2.05) is 50.8 Å². The maximum Gasteiger partial charge on any atom is 0.141 e. The molecule has 0 fully saturated rings. The summed E-state index contributed by atoms with van der Waals surface area (Å²) in [6, 6.07) is 19.3. The number of pyridine rings is 2. The van der Waals surface area contributed by atoms with E-state index < -0.39 is 0 Å². The molecule has 0 saturated heterocycles. The van der Waals surface area contributed by atoms with Crippen molar-refractivity contribution in [1.29, 1.82) is 10.5 Å². The lowest BCUT2D eigenvalue weighted by atomic mass is 10.1. The molecule has 42 heavy (non-hydrogen) atoms. The van der Waals surface area contributed by atoms with Crippen LogP contribution in [0.15, 0.2) is 60.9 Å². The smallest absolute Gasteiger partial charge is 0.141 e. The van der Waals surface area contributed by atoms with Crippen LogP contribution < -0.4 is 28.7 Å². The van der Waals surface area contributed by atoms with Gasteiger partial charge in [-0.25, -0.2) is 0 Å². The van der Waals surface area contributed by atoms with Crippen molar-refractivity contribution in [3.63, 3.8) is 0 Å². The summed E-state index contributed by atoms with van der Waals surface area (Å²) in [4.78, 5) is 13.5. The molecule has 0 amide bonds. The zero-order valence-electron chi connectivity index (χ0n) is 24.5. The summed E-state index contributed by atoms with van der Waals surface area (Å²) in [7, 11) is 10.1. The van der Waals surface area contributed by atoms with Gasteiger partial charge in [-0.15, -0.1) is 0 Å². The highest BCUT2D eigenvalue weighted by Gasteiger charge is 2.16. The van der Waals surface area contributed by atoms with E-state index in [-0.39, 0.29) is 0 Å². The lowest BCUT2D eigenvalue weighted by Gasteiger charge is -2.25. The molecule has 4 rings (SSSR count). The summed E-state index contributed by atoms with van der Waals surface area (Å²) in [5.41, 5.74) is 5.72. The SMILES string of the molecule is COc1cc(-c2ccc(N(C)CCN(C)c3ccc(-c4cc(OC)c(C#N)c(OC)c4)nc3)cn2)cc(OC)c1C#N. The van der Waals surface area contributed by atoms with Crippen LogP contribution in [0.5, 0.6) is 23.0 Å². The van der Waals surface area contributed by atoms with Gasteiger partial charge >= 0.3 is 0 Å². The van der Waals surface area contributed by atoms with Crippen molar-refractivity contribution in [3.05, 3.63) is 72.1 Å². The minimum Gasteiger partial charge on any atom is -0.495 e. The first-order chi connectivity index (χ1) is 20.4. The standard InChI is InChI=1S/C32H32N6O4/c1-37(23-7-9-27(35-19-23)21-13-29(39-3)25(17-33)30(14-21)40-4)11-12-38(2)24-8-10-28(36-20-24)22-15-31(41-5)26(18-34)32(16-22)42-6/h7-10,13-16,19-20H,11-12H2,1-6H3. The lowest BCUT2D eigenvalue weighted by molar-refractivity contribution is 0.392. The highest BCUT2D eigenvalue weighted by atomic mass is 16.5. The van der Waals surface area contributed by atoms with Crippen molar-refractivity contribution in [2.75, 3.05) is 65.4 Å². The fraction of sp³-hybridized carbons (Fsp3) is 0.250. The van der Waals surface area contributed by atoms with Crippen LogP contribution in [0.3, 0.4) is 0 Å². The Hall–Kier alpha value is -5.48. The monoisotopic (exact) mass is 564 g/mol. The predicted molar refractivity (Wildman–Crippen MR) is 162 cm³/mol. The van der Waals surface area contributed by atoms with Gasteiger partial charge in [0.15, 0.2) is 0 Å². The number of aromatic nitrogens is 2. The molecule has 10 nitrogen and oxygen atoms in total. The van der Waals surface area contributed by atoms with Gasteiger partial charge in [-0.3, -0.25) is 9.97 Å². The number of rotatable bonds is 11. The van der Waals surface area contributed by atoms with E-state index in [0.717, 1.165) is 47.0 Å². The van der Waals surface area contributed by atoms with E-state index in [2.05, 4.69) is 31.9 Å². The van der Waals surface area contributed by atoms with Gasteiger partial charge in [0.2, 0.25) is 0 Å². The molecule has 2 heterocycles. The van der Waals surface area contributed by atoms with Crippen molar-refractivity contribution in [2.45, 2.75) is 0 Å². The topological polar surface area (TPSA) is 117 Å². The lowest BCUT2D eigenvalue weighted by Crippen LogP contribution is -2.30. The summed E-state index contributed by atoms with van der Waals surface area (Å²) < 4.78 is 21.5. The van der Waals surface area contributed by atoms with Gasteiger partial charge in [-0.2, -0.15) is 10.5 Å². The predicted octanol–water partition coefficient (Wildman–Crippen LogP) is 5.16. The molecular weight excluding hydrogens is 532 g/mol. The van der Waals surface area contributed by atoms with Crippen LogP contribution in [-0.4, -0.2) is 65.6 Å². The highest BCUT2D eigenvalue weighted by molar-refractivity contribution is 5.71. The number of ether oxygens (including phenoxy) is 4. The number of hydrogen-bond donors (Lipinski definition) is 0. The van der Waals surface area contributed by atoms with E-state index in [1.54, 1.807) is 24.3 Å². The minimum atomic E-state index is 0.351. The molecule has 10 heteroatoms. The Balaban J connectivity index is 1.42. The van der Waals surface area contributed by atoms with Crippen molar-refractivity contribution in [2.24, 2.45) is 0 Å². The zero-order chi connectivity index (χ0) is 30.2. The van der Waals surface area contributed by atoms with Crippen LogP contribution in [0.1, 0.15) is 11.1 Å². The third-order valence-electron chi connectivity index (χ3n) is 6.97. The number of hydrogen-bond acceptors (Lipinski definition) is 10. The fourth-order valence-electron chi connectivity index (χ4n) is 4.46. The van der Waals surface area contributed by atoms with Crippen LogP contribution in [0.25, 0.3) is 22.5 Å². The number of methoxy groups -OCH3 is 4. The molecule has 0 radical (unpaired) electrons. The van der Waals surface area contributed by atoms with Crippen molar-refractivity contribution >= 4 is 11.4 Å². The third-order valence-corrected chi connectivity index (χ3v) is 6.97. The third kappa shape index (κ3) is 6.13. The summed E-state index contributed by atoms with van der Waals surface area (Å²) in [6.45, 7) is 1.50. The van der Waals surface area contributed by atoms with Gasteiger partial charge in [-0.05, 0) is 48.5 Å². The molecule has 0 bridgehead atoms. The second kappa shape index (κ2) is 13.2. The molecule has 0 unspecified atom stereocenters. The Morgan fingerprint density at radius 2 is 0.929 bits per heavy atom. The summed E-state index contributed by atoms with van der Waals surface area (Å²) in [6.07, 6.45) is 3.64. The first-order valence-electron chi connectivity index (χ1n) is 13.0. The second-order valence-electron chi connectivity index (χ2n) is 9.38. The molecule has 0 aliphatic carbocycles. The Labute approximate surface area is 245 Å². The average Bonchev–Trinajstić information content (AvgIpc) is 3.05. The Morgan fingerprint density at radius 3 is 1.17 bits per heavy atom. The number of likely N-dealkylation sites (N-methyl/N-ethyl adjacent to an activating group) is 2. The maximum absolute atomic E-state index is 9.44. The average molecular weight is 565 g/mol. The van der Waals surface area contributed by atoms with Crippen LogP contribution in [0, 0.1) is 22.7 Å². The van der Waals surface area contributed by atoms with Crippen LogP contribution in [0.4, 0.5) is 11.4 Å². The summed E-state index contributed by atoms with van der Waals surface area (Å²) in [5.74, 6) is 1.77. The normalized spacial score (nSPS) is 10.3. The van der Waals surface area contributed by atoms with Gasteiger partial charge < -0.3 is 28.7 Å². The maximum atomic E-state index is 9.44. The zero-order valence-corrected chi connectivity index (χ0v) is 24.5. The molecule has 2 aromatic heterocycles. The van der Waals surface area contributed by atoms with Crippen molar-refractivity contribution < 1.29 is 18.9 Å². The van der Waals surface area contributed by atoms with Gasteiger partial charge in [0, 0.05) is 38.3 Å². The second-order valence-corrected chi connectivity index (χ2v) is 9.38. The Morgan fingerprint density at radius 1 is 0.595 bits per heavy atom. The molecule has 214 valence electrons. The Bertz CT molecular complexity index is 1450. The molecule has 0 saturated carbocycles. The van der Waals surface area contributed by atoms with Crippen molar-refractivity contribution in [1.82, 2.24) is 9.97 Å². The van der Waals surface area contributed by atoms with Crippen LogP contribution >= 0.6 is 0 Å². The minimum absolute atomic E-state index is 0.351. The molecule has 0 aliphatic heterocycles. The first-order valence-corrected chi connectivity index (χ1v) is 13.0. The first kappa shape index (κ1) is 29.5. The van der Waals surface area contributed by atoms with E-state index >= 15 is 0 Å². The molecule has 0 spiro atoms. The molecule has 0 N–H and O–H groups in total. The highest BCUT2D eigenvalue weighted by Crippen LogP contribution is 2.35. The van der Waals surface area contributed by atoms with Gasteiger partial charge in [0.25, 0.3) is 0 Å². The van der Waals surface area contributed by atoms with E-state index in [9.17, 15) is 10.5 Å². The number of nitrogens with zero attached hydrogens (tertiary/aromatic N) is 6. The molecule has 4 aromatic rings. The van der Waals surface area contributed by atoms with Crippen LogP contribution in [0.2, 0.25) is 0 Å². The van der Waals surface area contributed by atoms with Crippen LogP contribution in [-0.2, 0) is 0 Å². The fourth-order valence-corrected chi connectivity index (χ4v) is 4.46. The molecule has 0 aliphatic rings. The number of anilines is 2. The largest absolute Gasteiger partial charge is 0.495 e. The number of benzene rings is 2. The molecular formula is C32H32N6O4. The number of nitriles is 2. The molecule has 0 atom stereocenters. The van der Waals surface area contributed by atoms with E-state index in [4.69, 9.17) is 18.9 Å².